The van der Waals surface area contributed by atoms with Gasteiger partial charge in [-0.25, -0.2) is 4.39 Å². The lowest BCUT2D eigenvalue weighted by molar-refractivity contribution is 0.471. The Hall–Kier alpha value is -1.26. The van der Waals surface area contributed by atoms with Crippen molar-refractivity contribution in [3.05, 3.63) is 64.1 Å². The number of benzene rings is 1. The Morgan fingerprint density at radius 2 is 2.05 bits per heavy atom. The van der Waals surface area contributed by atoms with E-state index >= 15 is 0 Å². The van der Waals surface area contributed by atoms with Crippen LogP contribution in [0.25, 0.3) is 0 Å². The molecular formula is C15H16BrFN2. The molecule has 1 heterocycles. The van der Waals surface area contributed by atoms with Crippen LogP contribution in [-0.2, 0) is 0 Å². The average molecular weight is 323 g/mol. The van der Waals surface area contributed by atoms with Gasteiger partial charge in [0.25, 0.3) is 0 Å². The van der Waals surface area contributed by atoms with Gasteiger partial charge in [-0.1, -0.05) is 35.0 Å². The van der Waals surface area contributed by atoms with Crippen LogP contribution >= 0.6 is 15.9 Å². The van der Waals surface area contributed by atoms with Gasteiger partial charge in [0.05, 0.1) is 0 Å². The lowest BCUT2D eigenvalue weighted by Gasteiger charge is -2.24. The van der Waals surface area contributed by atoms with Crippen LogP contribution in [0.15, 0.2) is 47.1 Å². The van der Waals surface area contributed by atoms with Crippen molar-refractivity contribution in [2.75, 3.05) is 7.05 Å². The fraction of sp³-hybridized carbons (Fsp3) is 0.267. The summed E-state index contributed by atoms with van der Waals surface area (Å²) in [5, 5.41) is 3.18. The highest BCUT2D eigenvalue weighted by Crippen LogP contribution is 2.31. The molecule has 2 unspecified atom stereocenters. The maximum absolute atomic E-state index is 14.1. The summed E-state index contributed by atoms with van der Waals surface area (Å²) in [7, 11) is 1.84. The molecule has 0 spiro atoms. The van der Waals surface area contributed by atoms with E-state index in [9.17, 15) is 4.39 Å². The molecule has 0 aliphatic carbocycles. The van der Waals surface area contributed by atoms with E-state index in [1.54, 1.807) is 12.3 Å². The van der Waals surface area contributed by atoms with Gasteiger partial charge in [-0.05, 0) is 31.3 Å². The van der Waals surface area contributed by atoms with E-state index in [1.165, 1.54) is 6.07 Å². The van der Waals surface area contributed by atoms with Gasteiger partial charge in [-0.3, -0.25) is 4.98 Å². The van der Waals surface area contributed by atoms with Crippen LogP contribution in [0, 0.1) is 5.82 Å². The molecule has 0 saturated carbocycles. The van der Waals surface area contributed by atoms with Crippen LogP contribution in [-0.4, -0.2) is 12.0 Å². The zero-order chi connectivity index (χ0) is 13.8. The molecule has 0 aliphatic heterocycles. The molecule has 1 N–H and O–H groups in total. The van der Waals surface area contributed by atoms with E-state index in [0.717, 1.165) is 10.2 Å². The number of nitrogens with one attached hydrogen (secondary N) is 1. The van der Waals surface area contributed by atoms with E-state index in [2.05, 4.69) is 26.2 Å². The molecule has 0 amide bonds. The molecule has 1 aromatic heterocycles. The lowest BCUT2D eigenvalue weighted by atomic mass is 9.91. The normalized spacial score (nSPS) is 14.1. The van der Waals surface area contributed by atoms with Gasteiger partial charge in [0.15, 0.2) is 0 Å². The molecule has 2 nitrogen and oxygen atoms in total. The molecule has 100 valence electrons. The third kappa shape index (κ3) is 3.19. The van der Waals surface area contributed by atoms with E-state index < -0.39 is 0 Å². The zero-order valence-corrected chi connectivity index (χ0v) is 12.5. The number of aromatic nitrogens is 1. The van der Waals surface area contributed by atoms with Crippen molar-refractivity contribution in [2.45, 2.75) is 18.9 Å². The fourth-order valence-corrected chi connectivity index (χ4v) is 2.58. The number of likely N-dealkylation sites (N-methyl/N-ethyl adjacent to an activating group) is 1. The predicted octanol–water partition coefficient (Wildman–Crippen LogP) is 4.05. The number of pyridine rings is 1. The SMILES string of the molecule is CNC(c1ccc(Br)cc1F)C(C)c1ccccn1. The molecular weight excluding hydrogens is 307 g/mol. The quantitative estimate of drug-likeness (QED) is 0.918. The van der Waals surface area contributed by atoms with Crippen LogP contribution in [0.5, 0.6) is 0 Å². The minimum absolute atomic E-state index is 0.0851. The number of hydrogen-bond donors (Lipinski definition) is 1. The molecule has 0 fully saturated rings. The first-order valence-electron chi connectivity index (χ1n) is 6.16. The van der Waals surface area contributed by atoms with Gasteiger partial charge in [0, 0.05) is 33.9 Å². The van der Waals surface area contributed by atoms with Gasteiger partial charge in [0.2, 0.25) is 0 Å². The van der Waals surface area contributed by atoms with Crippen LogP contribution in [0.2, 0.25) is 0 Å². The first-order valence-corrected chi connectivity index (χ1v) is 6.96. The molecule has 2 atom stereocenters. The van der Waals surface area contributed by atoms with Gasteiger partial charge in [0.1, 0.15) is 5.82 Å². The summed E-state index contributed by atoms with van der Waals surface area (Å²) in [6.07, 6.45) is 1.76. The molecule has 2 rings (SSSR count). The second kappa shape index (κ2) is 6.26. The monoisotopic (exact) mass is 322 g/mol. The average Bonchev–Trinajstić information content (AvgIpc) is 2.42. The summed E-state index contributed by atoms with van der Waals surface area (Å²) < 4.78 is 14.8. The molecule has 0 saturated heterocycles. The van der Waals surface area contributed by atoms with E-state index in [4.69, 9.17) is 0 Å². The summed E-state index contributed by atoms with van der Waals surface area (Å²) >= 11 is 3.28. The minimum atomic E-state index is -0.212. The van der Waals surface area contributed by atoms with Crippen molar-refractivity contribution < 1.29 is 4.39 Å². The molecule has 2 aromatic rings. The van der Waals surface area contributed by atoms with E-state index in [1.807, 2.05) is 38.2 Å². The van der Waals surface area contributed by atoms with Gasteiger partial charge < -0.3 is 5.32 Å². The zero-order valence-electron chi connectivity index (χ0n) is 10.9. The van der Waals surface area contributed by atoms with Crippen molar-refractivity contribution in [3.8, 4) is 0 Å². The second-order valence-electron chi connectivity index (χ2n) is 4.48. The highest BCUT2D eigenvalue weighted by atomic mass is 79.9. The molecule has 0 bridgehead atoms. The fourth-order valence-electron chi connectivity index (χ4n) is 2.24. The number of hydrogen-bond acceptors (Lipinski definition) is 2. The summed E-state index contributed by atoms with van der Waals surface area (Å²) in [5.41, 5.74) is 1.60. The third-order valence-corrected chi connectivity index (χ3v) is 3.76. The lowest BCUT2D eigenvalue weighted by Crippen LogP contribution is -2.23. The third-order valence-electron chi connectivity index (χ3n) is 3.26. The summed E-state index contributed by atoms with van der Waals surface area (Å²) in [5.74, 6) is -0.126. The Morgan fingerprint density at radius 3 is 2.63 bits per heavy atom. The Morgan fingerprint density at radius 1 is 1.26 bits per heavy atom. The van der Waals surface area contributed by atoms with E-state index in [0.29, 0.717) is 5.56 Å². The maximum Gasteiger partial charge on any atom is 0.129 e. The Bertz CT molecular complexity index is 545. The molecule has 4 heteroatoms. The number of rotatable bonds is 4. The second-order valence-corrected chi connectivity index (χ2v) is 5.39. The van der Waals surface area contributed by atoms with Crippen molar-refractivity contribution in [1.82, 2.24) is 10.3 Å². The molecule has 0 radical (unpaired) electrons. The van der Waals surface area contributed by atoms with Crippen LogP contribution in [0.1, 0.15) is 30.1 Å². The Balaban J connectivity index is 2.34. The first kappa shape index (κ1) is 14.2. The van der Waals surface area contributed by atoms with Gasteiger partial charge in [-0.15, -0.1) is 0 Å². The summed E-state index contributed by atoms with van der Waals surface area (Å²) in [4.78, 5) is 4.35. The van der Waals surface area contributed by atoms with Crippen molar-refractivity contribution in [2.24, 2.45) is 0 Å². The van der Waals surface area contributed by atoms with Crippen LogP contribution in [0.3, 0.4) is 0 Å². The smallest absolute Gasteiger partial charge is 0.129 e. The van der Waals surface area contributed by atoms with Crippen LogP contribution < -0.4 is 5.32 Å². The topological polar surface area (TPSA) is 24.9 Å². The molecule has 19 heavy (non-hydrogen) atoms. The van der Waals surface area contributed by atoms with Gasteiger partial charge in [-0.2, -0.15) is 0 Å². The number of halogens is 2. The first-order chi connectivity index (χ1) is 9.13. The van der Waals surface area contributed by atoms with Crippen molar-refractivity contribution in [3.63, 3.8) is 0 Å². The van der Waals surface area contributed by atoms with Crippen molar-refractivity contribution in [1.29, 1.82) is 0 Å². The highest BCUT2D eigenvalue weighted by Gasteiger charge is 2.22. The largest absolute Gasteiger partial charge is 0.312 e. The van der Waals surface area contributed by atoms with Crippen molar-refractivity contribution >= 4 is 15.9 Å². The molecule has 1 aromatic carbocycles. The number of nitrogens with zero attached hydrogens (tertiary/aromatic N) is 1. The standard InChI is InChI=1S/C15H16BrFN2/c1-10(14-5-3-4-8-19-14)15(18-2)12-7-6-11(16)9-13(12)17/h3-10,15,18H,1-2H3. The molecule has 0 aliphatic rings. The summed E-state index contributed by atoms with van der Waals surface area (Å²) in [6, 6.07) is 10.8. The minimum Gasteiger partial charge on any atom is -0.312 e. The highest BCUT2D eigenvalue weighted by molar-refractivity contribution is 9.10. The van der Waals surface area contributed by atoms with Gasteiger partial charge >= 0.3 is 0 Å². The van der Waals surface area contributed by atoms with E-state index in [-0.39, 0.29) is 17.8 Å². The predicted molar refractivity (Wildman–Crippen MR) is 78.6 cm³/mol. The summed E-state index contributed by atoms with van der Waals surface area (Å²) in [6.45, 7) is 2.05. The Labute approximate surface area is 121 Å². The Kier molecular flexibility index (Phi) is 4.66. The maximum atomic E-state index is 14.1. The van der Waals surface area contributed by atoms with Crippen LogP contribution in [0.4, 0.5) is 4.39 Å².